The van der Waals surface area contributed by atoms with Gasteiger partial charge in [0.05, 0.1) is 0 Å². The van der Waals surface area contributed by atoms with Crippen molar-refractivity contribution in [2.75, 3.05) is 7.05 Å². The third-order valence-electron chi connectivity index (χ3n) is 4.96. The summed E-state index contributed by atoms with van der Waals surface area (Å²) in [4.78, 5) is 0. The Morgan fingerprint density at radius 3 is 2.27 bits per heavy atom. The van der Waals surface area contributed by atoms with Crippen LogP contribution in [0.15, 0.2) is 58.5 Å². The lowest BCUT2D eigenvalue weighted by molar-refractivity contribution is 0.568. The minimum atomic E-state index is 0.550. The van der Waals surface area contributed by atoms with Gasteiger partial charge >= 0.3 is 0 Å². The highest BCUT2D eigenvalue weighted by atomic mass is 14.8. The molecule has 148 valence electrons. The molecule has 0 bridgehead atoms. The topological polar surface area (TPSA) is 38.0 Å². The molecular formula is C24H42N2. The first kappa shape index (κ1) is 24.3. The Balaban J connectivity index is 4.76. The first-order valence-corrected chi connectivity index (χ1v) is 9.96. The fraction of sp³-hybridized carbons (Fsp3) is 0.583. The molecule has 0 aliphatic carbocycles. The first-order valence-electron chi connectivity index (χ1n) is 9.96. The molecule has 0 aliphatic heterocycles. The maximum absolute atomic E-state index is 6.37. The zero-order valence-electron chi connectivity index (χ0n) is 18.4. The number of hydrogen-bond acceptors (Lipinski definition) is 2. The lowest BCUT2D eigenvalue weighted by atomic mass is 9.92. The van der Waals surface area contributed by atoms with Gasteiger partial charge in [-0.2, -0.15) is 0 Å². The summed E-state index contributed by atoms with van der Waals surface area (Å²) in [6.45, 7) is 15.4. The second kappa shape index (κ2) is 13.5. The average molecular weight is 359 g/mol. The van der Waals surface area contributed by atoms with Crippen molar-refractivity contribution in [2.24, 2.45) is 17.6 Å². The lowest BCUT2D eigenvalue weighted by Gasteiger charge is -2.15. The Kier molecular flexibility index (Phi) is 12.6. The van der Waals surface area contributed by atoms with E-state index in [4.69, 9.17) is 5.73 Å². The van der Waals surface area contributed by atoms with E-state index in [0.717, 1.165) is 31.4 Å². The molecule has 0 fully saturated rings. The number of allylic oxidation sites excluding steroid dienone is 8. The van der Waals surface area contributed by atoms with Gasteiger partial charge < -0.3 is 11.1 Å². The van der Waals surface area contributed by atoms with Crippen LogP contribution in [0.4, 0.5) is 0 Å². The van der Waals surface area contributed by atoms with Crippen LogP contribution in [0.25, 0.3) is 0 Å². The third-order valence-corrected chi connectivity index (χ3v) is 4.96. The van der Waals surface area contributed by atoms with Crippen molar-refractivity contribution in [2.45, 2.75) is 74.1 Å². The molecule has 0 heterocycles. The van der Waals surface area contributed by atoms with Crippen LogP contribution in [0.1, 0.15) is 74.1 Å². The van der Waals surface area contributed by atoms with Gasteiger partial charge in [-0.3, -0.25) is 0 Å². The van der Waals surface area contributed by atoms with Gasteiger partial charge in [-0.15, -0.1) is 0 Å². The van der Waals surface area contributed by atoms with E-state index >= 15 is 0 Å². The zero-order valence-corrected chi connectivity index (χ0v) is 18.4. The predicted octanol–water partition coefficient (Wildman–Crippen LogP) is 6.64. The molecule has 2 atom stereocenters. The van der Waals surface area contributed by atoms with Crippen LogP contribution in [0.5, 0.6) is 0 Å². The Morgan fingerprint density at radius 1 is 1.04 bits per heavy atom. The van der Waals surface area contributed by atoms with Crippen molar-refractivity contribution in [1.82, 2.24) is 5.32 Å². The number of nitrogens with two attached hydrogens (primary N) is 1. The molecular weight excluding hydrogens is 316 g/mol. The van der Waals surface area contributed by atoms with E-state index in [1.165, 1.54) is 22.3 Å². The molecule has 0 rings (SSSR count). The minimum Gasteiger partial charge on any atom is -0.399 e. The third kappa shape index (κ3) is 11.0. The molecule has 0 saturated heterocycles. The summed E-state index contributed by atoms with van der Waals surface area (Å²) in [5.41, 5.74) is 12.8. The second-order valence-corrected chi connectivity index (χ2v) is 7.83. The first-order chi connectivity index (χ1) is 12.2. The van der Waals surface area contributed by atoms with Gasteiger partial charge in [0.1, 0.15) is 0 Å². The van der Waals surface area contributed by atoms with E-state index < -0.39 is 0 Å². The molecule has 0 aliphatic rings. The van der Waals surface area contributed by atoms with Crippen molar-refractivity contribution in [3.05, 3.63) is 58.5 Å². The Hall–Kier alpha value is -1.70. The molecule has 0 saturated carbocycles. The highest BCUT2D eigenvalue weighted by Gasteiger charge is 2.08. The molecule has 2 unspecified atom stereocenters. The SMILES string of the molecule is C/C=C(C)\C=C(/C)CC(C)C/C(C)=C(N)/C=C(\C)C(C)CC/C=C/NC. The Labute approximate surface area is 163 Å². The molecule has 0 amide bonds. The van der Waals surface area contributed by atoms with Gasteiger partial charge in [0, 0.05) is 12.7 Å². The van der Waals surface area contributed by atoms with Crippen LogP contribution in [-0.4, -0.2) is 7.05 Å². The van der Waals surface area contributed by atoms with Crippen LogP contribution in [-0.2, 0) is 0 Å². The van der Waals surface area contributed by atoms with E-state index in [0.29, 0.717) is 11.8 Å². The van der Waals surface area contributed by atoms with Gasteiger partial charge in [-0.1, -0.05) is 54.4 Å². The molecule has 0 spiro atoms. The normalized spacial score (nSPS) is 17.3. The number of rotatable bonds is 11. The van der Waals surface area contributed by atoms with Crippen LogP contribution < -0.4 is 11.1 Å². The van der Waals surface area contributed by atoms with E-state index in [9.17, 15) is 0 Å². The van der Waals surface area contributed by atoms with E-state index in [1.807, 2.05) is 13.2 Å². The largest absolute Gasteiger partial charge is 0.399 e. The van der Waals surface area contributed by atoms with Gasteiger partial charge in [-0.25, -0.2) is 0 Å². The highest BCUT2D eigenvalue weighted by Crippen LogP contribution is 2.23. The zero-order chi connectivity index (χ0) is 20.1. The van der Waals surface area contributed by atoms with Crippen molar-refractivity contribution in [3.8, 4) is 0 Å². The van der Waals surface area contributed by atoms with Crippen molar-refractivity contribution in [1.29, 1.82) is 0 Å². The van der Waals surface area contributed by atoms with Gasteiger partial charge in [0.2, 0.25) is 0 Å². The Morgan fingerprint density at radius 2 is 1.69 bits per heavy atom. The summed E-state index contributed by atoms with van der Waals surface area (Å²) < 4.78 is 0. The highest BCUT2D eigenvalue weighted by molar-refractivity contribution is 5.26. The second-order valence-electron chi connectivity index (χ2n) is 7.83. The Bertz CT molecular complexity index is 559. The number of hydrogen-bond donors (Lipinski definition) is 2. The van der Waals surface area contributed by atoms with Crippen molar-refractivity contribution in [3.63, 3.8) is 0 Å². The fourth-order valence-electron chi connectivity index (χ4n) is 3.08. The standard InChI is InChI=1S/C24H42N2/c1-9-18(2)14-19(3)15-20(4)16-23(7)24(25)17-22(6)21(5)12-10-11-13-26-8/h9,11,13-14,17,20-21,26H,10,12,15-16,25H2,1-8H3/b13-11+,18-9-,19-14+,22-17+,24-23-. The number of nitrogens with one attached hydrogen (secondary N) is 1. The monoisotopic (exact) mass is 358 g/mol. The summed E-state index contributed by atoms with van der Waals surface area (Å²) >= 11 is 0. The molecule has 0 aromatic carbocycles. The maximum atomic E-state index is 6.37. The predicted molar refractivity (Wildman–Crippen MR) is 119 cm³/mol. The van der Waals surface area contributed by atoms with E-state index in [-0.39, 0.29) is 0 Å². The van der Waals surface area contributed by atoms with Gasteiger partial charge in [-0.05, 0) is 84.4 Å². The molecule has 2 nitrogen and oxygen atoms in total. The lowest BCUT2D eigenvalue weighted by Crippen LogP contribution is -2.05. The average Bonchev–Trinajstić information content (AvgIpc) is 2.57. The van der Waals surface area contributed by atoms with Crippen LogP contribution >= 0.6 is 0 Å². The smallest absolute Gasteiger partial charge is 0.0302 e. The molecule has 3 N–H and O–H groups in total. The summed E-state index contributed by atoms with van der Waals surface area (Å²) in [5, 5.41) is 3.03. The molecule has 0 radical (unpaired) electrons. The summed E-state index contributed by atoms with van der Waals surface area (Å²) in [6.07, 6.45) is 15.2. The minimum absolute atomic E-state index is 0.550. The molecule has 26 heavy (non-hydrogen) atoms. The summed E-state index contributed by atoms with van der Waals surface area (Å²) in [5.74, 6) is 1.15. The molecule has 0 aromatic heterocycles. The van der Waals surface area contributed by atoms with Crippen LogP contribution in [0.2, 0.25) is 0 Å². The summed E-state index contributed by atoms with van der Waals surface area (Å²) in [6, 6.07) is 0. The molecule has 0 aromatic rings. The summed E-state index contributed by atoms with van der Waals surface area (Å²) in [7, 11) is 1.93. The van der Waals surface area contributed by atoms with Crippen LogP contribution in [0.3, 0.4) is 0 Å². The quantitative estimate of drug-likeness (QED) is 0.406. The van der Waals surface area contributed by atoms with Crippen molar-refractivity contribution >= 4 is 0 Å². The molecule has 2 heteroatoms. The maximum Gasteiger partial charge on any atom is 0.0302 e. The van der Waals surface area contributed by atoms with E-state index in [1.54, 1.807) is 0 Å². The van der Waals surface area contributed by atoms with Crippen LogP contribution in [0, 0.1) is 11.8 Å². The van der Waals surface area contributed by atoms with Gasteiger partial charge in [0.15, 0.2) is 0 Å². The van der Waals surface area contributed by atoms with Crippen molar-refractivity contribution < 1.29 is 0 Å². The van der Waals surface area contributed by atoms with E-state index in [2.05, 4.69) is 78.1 Å². The fourth-order valence-corrected chi connectivity index (χ4v) is 3.08. The van der Waals surface area contributed by atoms with Gasteiger partial charge in [0.25, 0.3) is 0 Å².